The molecule has 21 heavy (non-hydrogen) atoms. The second-order valence-corrected chi connectivity index (χ2v) is 6.65. The molecule has 0 spiro atoms. The van der Waals surface area contributed by atoms with Gasteiger partial charge in [-0.25, -0.2) is 0 Å². The Balaban J connectivity index is 2.05. The zero-order chi connectivity index (χ0) is 15.3. The fraction of sp³-hybridized carbons (Fsp3) is 0.529. The molecule has 1 N–H and O–H groups in total. The van der Waals surface area contributed by atoms with E-state index in [2.05, 4.69) is 55.2 Å². The molecule has 4 nitrogen and oxygen atoms in total. The first-order valence-corrected chi connectivity index (χ1v) is 7.63. The summed E-state index contributed by atoms with van der Waals surface area (Å²) in [5, 5.41) is 8.16. The van der Waals surface area contributed by atoms with Crippen molar-refractivity contribution in [1.82, 2.24) is 20.1 Å². The van der Waals surface area contributed by atoms with Crippen LogP contribution in [0.2, 0.25) is 0 Å². The van der Waals surface area contributed by atoms with Crippen LogP contribution in [-0.2, 0) is 13.1 Å². The normalized spacial score (nSPS) is 13.3. The third-order valence-corrected chi connectivity index (χ3v) is 3.45. The largest absolute Gasteiger partial charge is 0.304 e. The second kappa shape index (κ2) is 6.85. The van der Waals surface area contributed by atoms with Gasteiger partial charge in [0.2, 0.25) is 0 Å². The van der Waals surface area contributed by atoms with Crippen LogP contribution in [0.4, 0.5) is 0 Å². The lowest BCUT2D eigenvalue weighted by Crippen LogP contribution is -2.25. The van der Waals surface area contributed by atoms with E-state index in [1.165, 1.54) is 5.56 Å². The maximum absolute atomic E-state index is 4.53. The first-order chi connectivity index (χ1) is 9.98. The van der Waals surface area contributed by atoms with Crippen molar-refractivity contribution in [3.05, 3.63) is 48.0 Å². The molecule has 2 aromatic rings. The van der Waals surface area contributed by atoms with Gasteiger partial charge >= 0.3 is 0 Å². The van der Waals surface area contributed by atoms with Gasteiger partial charge in [0.1, 0.15) is 0 Å². The maximum Gasteiger partial charge on any atom is 0.0762 e. The van der Waals surface area contributed by atoms with Crippen LogP contribution in [0.3, 0.4) is 0 Å². The third-order valence-electron chi connectivity index (χ3n) is 3.45. The Morgan fingerprint density at radius 2 is 2.10 bits per heavy atom. The molecule has 0 aliphatic carbocycles. The summed E-state index contributed by atoms with van der Waals surface area (Å²) < 4.78 is 1.96. The highest BCUT2D eigenvalue weighted by Crippen LogP contribution is 2.29. The minimum Gasteiger partial charge on any atom is -0.304 e. The number of aromatic nitrogens is 3. The van der Waals surface area contributed by atoms with E-state index in [0.717, 1.165) is 25.2 Å². The maximum atomic E-state index is 4.53. The summed E-state index contributed by atoms with van der Waals surface area (Å²) in [6.45, 7) is 10.6. The van der Waals surface area contributed by atoms with Crippen molar-refractivity contribution in [3.63, 3.8) is 0 Å². The number of rotatable bonds is 6. The van der Waals surface area contributed by atoms with Crippen LogP contribution in [0.15, 0.2) is 36.8 Å². The van der Waals surface area contributed by atoms with Crippen molar-refractivity contribution < 1.29 is 0 Å². The predicted molar refractivity (Wildman–Crippen MR) is 85.8 cm³/mol. The lowest BCUT2D eigenvalue weighted by molar-refractivity contribution is 0.309. The molecule has 1 unspecified atom stereocenters. The lowest BCUT2D eigenvalue weighted by atomic mass is 9.86. The first kappa shape index (κ1) is 15.7. The summed E-state index contributed by atoms with van der Waals surface area (Å²) in [6.07, 6.45) is 6.86. The highest BCUT2D eigenvalue weighted by Gasteiger charge is 2.20. The van der Waals surface area contributed by atoms with Gasteiger partial charge in [-0.2, -0.15) is 5.10 Å². The summed E-state index contributed by atoms with van der Waals surface area (Å²) in [4.78, 5) is 4.25. The molecular weight excluding hydrogens is 260 g/mol. The van der Waals surface area contributed by atoms with Crippen molar-refractivity contribution in [2.45, 2.75) is 53.2 Å². The Kier molecular flexibility index (Phi) is 5.12. The molecule has 2 rings (SSSR count). The summed E-state index contributed by atoms with van der Waals surface area (Å²) in [5.74, 6) is 0. The van der Waals surface area contributed by atoms with E-state index in [1.54, 1.807) is 0 Å². The number of aryl methyl sites for hydroxylation is 1. The van der Waals surface area contributed by atoms with E-state index in [-0.39, 0.29) is 5.41 Å². The third kappa shape index (κ3) is 4.97. The van der Waals surface area contributed by atoms with Crippen LogP contribution in [0.1, 0.15) is 51.4 Å². The monoisotopic (exact) mass is 286 g/mol. The molecule has 0 fully saturated rings. The average molecular weight is 286 g/mol. The zero-order valence-electron chi connectivity index (χ0n) is 13.5. The van der Waals surface area contributed by atoms with Crippen molar-refractivity contribution in [2.24, 2.45) is 5.41 Å². The summed E-state index contributed by atoms with van der Waals surface area (Å²) in [6, 6.07) is 6.51. The van der Waals surface area contributed by atoms with Crippen molar-refractivity contribution in [3.8, 4) is 0 Å². The lowest BCUT2D eigenvalue weighted by Gasteiger charge is -2.27. The topological polar surface area (TPSA) is 42.7 Å². The first-order valence-electron chi connectivity index (χ1n) is 7.63. The molecule has 4 heteroatoms. The van der Waals surface area contributed by atoms with Gasteiger partial charge in [-0.1, -0.05) is 26.8 Å². The van der Waals surface area contributed by atoms with Gasteiger partial charge in [0, 0.05) is 37.7 Å². The van der Waals surface area contributed by atoms with E-state index >= 15 is 0 Å². The minimum atomic E-state index is 0.260. The molecule has 0 aromatic carbocycles. The molecular formula is C17H26N4. The van der Waals surface area contributed by atoms with Crippen molar-refractivity contribution >= 4 is 0 Å². The van der Waals surface area contributed by atoms with Crippen LogP contribution < -0.4 is 5.32 Å². The van der Waals surface area contributed by atoms with Gasteiger partial charge in [-0.05, 0) is 36.5 Å². The molecule has 0 amide bonds. The van der Waals surface area contributed by atoms with Crippen LogP contribution in [-0.4, -0.2) is 14.8 Å². The molecule has 1 atom stereocenters. The number of hydrogen-bond acceptors (Lipinski definition) is 3. The summed E-state index contributed by atoms with van der Waals surface area (Å²) >= 11 is 0. The van der Waals surface area contributed by atoms with Crippen molar-refractivity contribution in [1.29, 1.82) is 0 Å². The second-order valence-electron chi connectivity index (χ2n) is 6.65. The van der Waals surface area contributed by atoms with E-state index in [4.69, 9.17) is 0 Å². The zero-order valence-corrected chi connectivity index (χ0v) is 13.5. The van der Waals surface area contributed by atoms with Crippen LogP contribution in [0, 0.1) is 5.41 Å². The predicted octanol–water partition coefficient (Wildman–Crippen LogP) is 3.57. The highest BCUT2D eigenvalue weighted by molar-refractivity contribution is 5.14. The number of pyridine rings is 1. The van der Waals surface area contributed by atoms with Gasteiger partial charge in [0.05, 0.1) is 5.69 Å². The molecule has 2 aromatic heterocycles. The molecule has 0 bridgehead atoms. The Labute approximate surface area is 127 Å². The number of hydrogen-bond donors (Lipinski definition) is 1. The van der Waals surface area contributed by atoms with Crippen LogP contribution in [0.5, 0.6) is 0 Å². The van der Waals surface area contributed by atoms with Gasteiger partial charge in [-0.15, -0.1) is 0 Å². The molecule has 0 aliphatic rings. The molecule has 0 aliphatic heterocycles. The van der Waals surface area contributed by atoms with Gasteiger partial charge in [0.15, 0.2) is 0 Å². The molecule has 2 heterocycles. The smallest absolute Gasteiger partial charge is 0.0762 e. The molecule has 0 radical (unpaired) electrons. The SMILES string of the molecule is CCn1ccc(CNC(CC(C)(C)C)c2cccnc2)n1. The molecule has 114 valence electrons. The highest BCUT2D eigenvalue weighted by atomic mass is 15.3. The van der Waals surface area contributed by atoms with Crippen molar-refractivity contribution in [2.75, 3.05) is 0 Å². The fourth-order valence-corrected chi connectivity index (χ4v) is 2.40. The average Bonchev–Trinajstić information content (AvgIpc) is 2.91. The minimum absolute atomic E-state index is 0.260. The van der Waals surface area contributed by atoms with E-state index < -0.39 is 0 Å². The number of nitrogens with zero attached hydrogens (tertiary/aromatic N) is 3. The Hall–Kier alpha value is -1.68. The quantitative estimate of drug-likeness (QED) is 0.883. The summed E-state index contributed by atoms with van der Waals surface area (Å²) in [5.41, 5.74) is 2.58. The van der Waals surface area contributed by atoms with Crippen LogP contribution in [0.25, 0.3) is 0 Å². The van der Waals surface area contributed by atoms with E-state index in [9.17, 15) is 0 Å². The van der Waals surface area contributed by atoms with E-state index in [0.29, 0.717) is 6.04 Å². The summed E-state index contributed by atoms with van der Waals surface area (Å²) in [7, 11) is 0. The number of nitrogens with one attached hydrogen (secondary N) is 1. The Morgan fingerprint density at radius 3 is 2.67 bits per heavy atom. The molecule has 0 saturated heterocycles. The Bertz CT molecular complexity index is 539. The standard InChI is InChI=1S/C17H26N4/c1-5-21-10-8-15(20-21)13-19-16(11-17(2,3)4)14-7-6-9-18-12-14/h6-10,12,16,19H,5,11,13H2,1-4H3. The van der Waals surface area contributed by atoms with Gasteiger partial charge < -0.3 is 5.32 Å². The molecule has 0 saturated carbocycles. The van der Waals surface area contributed by atoms with Crippen LogP contribution >= 0.6 is 0 Å². The van der Waals surface area contributed by atoms with Gasteiger partial charge in [0.25, 0.3) is 0 Å². The van der Waals surface area contributed by atoms with E-state index in [1.807, 2.05) is 29.3 Å². The fourth-order valence-electron chi connectivity index (χ4n) is 2.40. The Morgan fingerprint density at radius 1 is 1.29 bits per heavy atom. The van der Waals surface area contributed by atoms with Gasteiger partial charge in [-0.3, -0.25) is 9.67 Å².